The molecule has 0 atom stereocenters. The lowest BCUT2D eigenvalue weighted by Gasteiger charge is -2.08. The molecule has 2 aromatic heterocycles. The van der Waals surface area contributed by atoms with Crippen LogP contribution in [-0.2, 0) is 17.4 Å². The van der Waals surface area contributed by atoms with Crippen molar-refractivity contribution in [3.63, 3.8) is 0 Å². The van der Waals surface area contributed by atoms with Crippen molar-refractivity contribution in [1.82, 2.24) is 14.6 Å². The van der Waals surface area contributed by atoms with Gasteiger partial charge in [0.25, 0.3) is 0 Å². The molecule has 0 spiro atoms. The van der Waals surface area contributed by atoms with E-state index in [1.165, 1.54) is 10.5 Å². The lowest BCUT2D eigenvalue weighted by atomic mass is 10.1. The highest BCUT2D eigenvalue weighted by molar-refractivity contribution is 7.99. The van der Waals surface area contributed by atoms with E-state index in [1.807, 2.05) is 31.2 Å². The highest BCUT2D eigenvalue weighted by Gasteiger charge is 2.31. The number of fused-ring (bicyclic) bond motifs is 1. The lowest BCUT2D eigenvalue weighted by molar-refractivity contribution is -0.137. The molecule has 0 aliphatic carbocycles. The topological polar surface area (TPSA) is 59.3 Å². The highest BCUT2D eigenvalue weighted by Crippen LogP contribution is 2.30. The average molecular weight is 380 g/mol. The maximum absolute atomic E-state index is 12.8. The number of aryl methyl sites for hydroxylation is 1. The maximum Gasteiger partial charge on any atom is 0.417 e. The first-order valence-electron chi connectivity index (χ1n) is 7.80. The van der Waals surface area contributed by atoms with Crippen LogP contribution in [-0.4, -0.2) is 26.3 Å². The molecule has 1 N–H and O–H groups in total. The number of amides is 1. The van der Waals surface area contributed by atoms with Gasteiger partial charge in [-0.3, -0.25) is 9.20 Å². The fourth-order valence-electron chi connectivity index (χ4n) is 2.29. The van der Waals surface area contributed by atoms with Crippen LogP contribution >= 0.6 is 11.8 Å². The van der Waals surface area contributed by atoms with E-state index in [-0.39, 0.29) is 22.5 Å². The van der Waals surface area contributed by atoms with E-state index in [4.69, 9.17) is 0 Å². The van der Waals surface area contributed by atoms with Gasteiger partial charge < -0.3 is 5.32 Å². The molecule has 0 bridgehead atoms. The van der Waals surface area contributed by atoms with Gasteiger partial charge >= 0.3 is 6.18 Å². The third-order valence-electron chi connectivity index (χ3n) is 3.68. The van der Waals surface area contributed by atoms with Crippen molar-refractivity contribution in [3.05, 3.63) is 53.7 Å². The van der Waals surface area contributed by atoms with Crippen LogP contribution in [0.2, 0.25) is 0 Å². The van der Waals surface area contributed by atoms with E-state index < -0.39 is 11.7 Å². The quantitative estimate of drug-likeness (QED) is 0.679. The number of carbonyl (C=O) groups is 1. The van der Waals surface area contributed by atoms with Crippen LogP contribution in [0.3, 0.4) is 0 Å². The second-order valence-electron chi connectivity index (χ2n) is 5.51. The summed E-state index contributed by atoms with van der Waals surface area (Å²) in [7, 11) is 0. The minimum atomic E-state index is -4.46. The zero-order valence-corrected chi connectivity index (χ0v) is 14.6. The molecule has 0 aliphatic heterocycles. The summed E-state index contributed by atoms with van der Waals surface area (Å²) in [6, 6.07) is 9.66. The van der Waals surface area contributed by atoms with Gasteiger partial charge in [-0.15, -0.1) is 10.2 Å². The summed E-state index contributed by atoms with van der Waals surface area (Å²) < 4.78 is 39.8. The zero-order valence-electron chi connectivity index (χ0n) is 13.7. The van der Waals surface area contributed by atoms with Crippen LogP contribution in [0.25, 0.3) is 5.65 Å². The molecule has 0 saturated heterocycles. The van der Waals surface area contributed by atoms with E-state index in [1.54, 1.807) is 0 Å². The normalized spacial score (nSPS) is 11.7. The molecule has 0 saturated carbocycles. The molecule has 136 valence electrons. The fourth-order valence-corrected chi connectivity index (χ4v) is 3.00. The van der Waals surface area contributed by atoms with Crippen molar-refractivity contribution in [1.29, 1.82) is 0 Å². The lowest BCUT2D eigenvalue weighted by Crippen LogP contribution is -2.14. The molecule has 0 unspecified atom stereocenters. The molecule has 2 heterocycles. The molecule has 0 radical (unpaired) electrons. The van der Waals surface area contributed by atoms with E-state index in [2.05, 4.69) is 15.5 Å². The molecule has 0 fully saturated rings. The summed E-state index contributed by atoms with van der Waals surface area (Å²) in [4.78, 5) is 12.1. The number of pyridine rings is 1. The first-order valence-corrected chi connectivity index (χ1v) is 8.79. The number of nitrogens with zero attached hydrogens (tertiary/aromatic N) is 3. The SMILES string of the molecule is CCc1ccc(NC(=O)CSc2nnc3ccc(C(F)(F)F)cn23)cc1. The first kappa shape index (κ1) is 18.2. The Bertz CT molecular complexity index is 922. The van der Waals surface area contributed by atoms with Gasteiger partial charge in [-0.2, -0.15) is 13.2 Å². The molecule has 1 aromatic carbocycles. The third kappa shape index (κ3) is 4.16. The van der Waals surface area contributed by atoms with Crippen LogP contribution < -0.4 is 5.32 Å². The van der Waals surface area contributed by atoms with E-state index >= 15 is 0 Å². The van der Waals surface area contributed by atoms with Gasteiger partial charge in [0.2, 0.25) is 5.91 Å². The Kier molecular flexibility index (Phi) is 5.17. The number of aromatic nitrogens is 3. The molecular weight excluding hydrogens is 365 g/mol. The summed E-state index contributed by atoms with van der Waals surface area (Å²) in [6.45, 7) is 2.04. The number of benzene rings is 1. The monoisotopic (exact) mass is 380 g/mol. The molecule has 5 nitrogen and oxygen atoms in total. The number of anilines is 1. The molecule has 9 heteroatoms. The Morgan fingerprint density at radius 2 is 1.88 bits per heavy atom. The number of nitrogens with one attached hydrogen (secondary N) is 1. The minimum absolute atomic E-state index is 0.00652. The van der Waals surface area contributed by atoms with Crippen LogP contribution in [0.4, 0.5) is 18.9 Å². The highest BCUT2D eigenvalue weighted by atomic mass is 32.2. The van der Waals surface area contributed by atoms with Gasteiger partial charge in [-0.1, -0.05) is 30.8 Å². The largest absolute Gasteiger partial charge is 0.417 e. The number of hydrogen-bond acceptors (Lipinski definition) is 4. The Morgan fingerprint density at radius 3 is 2.54 bits per heavy atom. The molecule has 0 aliphatic rings. The molecule has 3 aromatic rings. The van der Waals surface area contributed by atoms with Crippen molar-refractivity contribution in [2.24, 2.45) is 0 Å². The molecule has 3 rings (SSSR count). The summed E-state index contributed by atoms with van der Waals surface area (Å²) in [5.74, 6) is -0.269. The number of carbonyl (C=O) groups excluding carboxylic acids is 1. The summed E-state index contributed by atoms with van der Waals surface area (Å²) in [5.41, 5.74) is 1.31. The van der Waals surface area contributed by atoms with E-state index in [0.29, 0.717) is 5.69 Å². The van der Waals surface area contributed by atoms with Crippen LogP contribution in [0, 0.1) is 0 Å². The van der Waals surface area contributed by atoms with Crippen LogP contribution in [0.1, 0.15) is 18.1 Å². The smallest absolute Gasteiger partial charge is 0.325 e. The number of halogens is 3. The number of thioether (sulfide) groups is 1. The maximum atomic E-state index is 12.8. The van der Waals surface area contributed by atoms with Crippen molar-refractivity contribution >= 4 is 29.0 Å². The van der Waals surface area contributed by atoms with Gasteiger partial charge in [0.05, 0.1) is 11.3 Å². The second-order valence-corrected chi connectivity index (χ2v) is 6.46. The van der Waals surface area contributed by atoms with Gasteiger partial charge in [0.15, 0.2) is 10.8 Å². The third-order valence-corrected chi connectivity index (χ3v) is 4.62. The minimum Gasteiger partial charge on any atom is -0.325 e. The Labute approximate surface area is 151 Å². The first-order chi connectivity index (χ1) is 12.4. The Hall–Kier alpha value is -2.55. The summed E-state index contributed by atoms with van der Waals surface area (Å²) >= 11 is 1.02. The van der Waals surface area contributed by atoms with Crippen molar-refractivity contribution in [3.8, 4) is 0 Å². The molecule has 1 amide bonds. The molecule has 26 heavy (non-hydrogen) atoms. The van der Waals surface area contributed by atoms with Gasteiger partial charge in [-0.25, -0.2) is 0 Å². The van der Waals surface area contributed by atoms with Crippen molar-refractivity contribution in [2.75, 3.05) is 11.1 Å². The number of alkyl halides is 3. The fraction of sp³-hybridized carbons (Fsp3) is 0.235. The summed E-state index contributed by atoms with van der Waals surface area (Å²) in [6.07, 6.45) is -2.62. The van der Waals surface area contributed by atoms with Crippen LogP contribution in [0.5, 0.6) is 0 Å². The average Bonchev–Trinajstić information content (AvgIpc) is 3.02. The Balaban J connectivity index is 1.67. The number of hydrogen-bond donors (Lipinski definition) is 1. The Morgan fingerprint density at radius 1 is 1.15 bits per heavy atom. The van der Waals surface area contributed by atoms with Gasteiger partial charge in [-0.05, 0) is 36.2 Å². The van der Waals surface area contributed by atoms with Crippen molar-refractivity contribution in [2.45, 2.75) is 24.7 Å². The second kappa shape index (κ2) is 7.36. The summed E-state index contributed by atoms with van der Waals surface area (Å²) in [5, 5.41) is 10.6. The van der Waals surface area contributed by atoms with Crippen LogP contribution in [0.15, 0.2) is 47.8 Å². The van der Waals surface area contributed by atoms with E-state index in [0.717, 1.165) is 36.0 Å². The predicted molar refractivity (Wildman–Crippen MR) is 93.2 cm³/mol. The van der Waals surface area contributed by atoms with Gasteiger partial charge in [0.1, 0.15) is 0 Å². The molecular formula is C17H15F3N4OS. The standard InChI is InChI=1S/C17H15F3N4OS/c1-2-11-3-6-13(7-4-11)21-15(25)10-26-16-23-22-14-8-5-12(9-24(14)16)17(18,19)20/h3-9H,2,10H2,1H3,(H,21,25). The zero-order chi connectivity index (χ0) is 18.7. The predicted octanol–water partition coefficient (Wildman–Crippen LogP) is 4.04. The van der Waals surface area contributed by atoms with Gasteiger partial charge in [0, 0.05) is 11.9 Å². The van der Waals surface area contributed by atoms with E-state index in [9.17, 15) is 18.0 Å². The van der Waals surface area contributed by atoms with Crippen molar-refractivity contribution < 1.29 is 18.0 Å². The number of rotatable bonds is 5.